The molecule has 1 aliphatic rings. The van der Waals surface area contributed by atoms with Crippen molar-refractivity contribution in [2.45, 2.75) is 38.3 Å². The third-order valence-corrected chi connectivity index (χ3v) is 3.67. The molecular formula is C14H18N4. The summed E-state index contributed by atoms with van der Waals surface area (Å²) in [5.41, 5.74) is 3.80. The van der Waals surface area contributed by atoms with E-state index >= 15 is 0 Å². The lowest BCUT2D eigenvalue weighted by Gasteiger charge is -2.27. The molecule has 2 atom stereocenters. The molecule has 2 N–H and O–H groups in total. The van der Waals surface area contributed by atoms with Crippen molar-refractivity contribution >= 4 is 0 Å². The molecule has 4 heteroatoms. The molecule has 2 heterocycles. The van der Waals surface area contributed by atoms with Gasteiger partial charge in [-0.25, -0.2) is 0 Å². The van der Waals surface area contributed by atoms with Gasteiger partial charge in [0.1, 0.15) is 0 Å². The maximum absolute atomic E-state index is 4.55. The highest BCUT2D eigenvalue weighted by Gasteiger charge is 2.22. The van der Waals surface area contributed by atoms with Crippen molar-refractivity contribution in [3.63, 3.8) is 0 Å². The molecule has 0 fully saturated rings. The normalized spacial score (nSPS) is 20.4. The van der Waals surface area contributed by atoms with E-state index in [-0.39, 0.29) is 0 Å². The molecule has 2 aromatic heterocycles. The Hall–Kier alpha value is -1.68. The van der Waals surface area contributed by atoms with Crippen LogP contribution in [0, 0.1) is 0 Å². The third-order valence-electron chi connectivity index (χ3n) is 3.67. The van der Waals surface area contributed by atoms with Crippen LogP contribution in [-0.4, -0.2) is 15.2 Å². The number of hydrogen-bond donors (Lipinski definition) is 2. The average Bonchev–Trinajstić information content (AvgIpc) is 2.93. The molecule has 0 aromatic carbocycles. The second-order valence-corrected chi connectivity index (χ2v) is 4.91. The maximum Gasteiger partial charge on any atom is 0.0605 e. The van der Waals surface area contributed by atoms with E-state index in [1.807, 2.05) is 24.7 Å². The van der Waals surface area contributed by atoms with E-state index < -0.39 is 0 Å². The van der Waals surface area contributed by atoms with Gasteiger partial charge in [-0.05, 0) is 37.8 Å². The number of fused-ring (bicyclic) bond motifs is 1. The van der Waals surface area contributed by atoms with Crippen molar-refractivity contribution in [1.82, 2.24) is 20.5 Å². The number of nitrogens with one attached hydrogen (secondary N) is 2. The predicted molar refractivity (Wildman–Crippen MR) is 70.1 cm³/mol. The second-order valence-electron chi connectivity index (χ2n) is 4.91. The van der Waals surface area contributed by atoms with E-state index in [0.29, 0.717) is 12.1 Å². The summed E-state index contributed by atoms with van der Waals surface area (Å²) < 4.78 is 0. The number of H-pyrrole nitrogens is 1. The van der Waals surface area contributed by atoms with Gasteiger partial charge in [-0.3, -0.25) is 10.1 Å². The maximum atomic E-state index is 4.55. The SMILES string of the molecule is CC(NC1CCCc2cccnc21)c1cn[nH]c1. The number of aromatic nitrogens is 3. The van der Waals surface area contributed by atoms with Gasteiger partial charge in [0.25, 0.3) is 0 Å². The molecule has 0 amide bonds. The standard InChI is InChI=1S/C14H18N4/c1-10(12-8-16-17-9-12)18-13-6-2-4-11-5-3-7-15-14(11)13/h3,5,7-10,13,18H,2,4,6H2,1H3,(H,16,17). The Bertz CT molecular complexity index is 506. The van der Waals surface area contributed by atoms with Crippen LogP contribution in [0.25, 0.3) is 0 Å². The highest BCUT2D eigenvalue weighted by molar-refractivity contribution is 5.26. The van der Waals surface area contributed by atoms with Gasteiger partial charge in [-0.1, -0.05) is 6.07 Å². The molecule has 0 spiro atoms. The monoisotopic (exact) mass is 242 g/mol. The van der Waals surface area contributed by atoms with E-state index in [9.17, 15) is 0 Å². The first-order valence-electron chi connectivity index (χ1n) is 6.53. The molecule has 1 aliphatic carbocycles. The molecule has 0 bridgehead atoms. The largest absolute Gasteiger partial charge is 0.302 e. The molecule has 0 radical (unpaired) electrons. The quantitative estimate of drug-likeness (QED) is 0.869. The molecule has 0 aliphatic heterocycles. The van der Waals surface area contributed by atoms with E-state index in [0.717, 1.165) is 12.8 Å². The van der Waals surface area contributed by atoms with Crippen molar-refractivity contribution in [3.05, 3.63) is 47.5 Å². The smallest absolute Gasteiger partial charge is 0.0605 e. The Kier molecular flexibility index (Phi) is 3.11. The van der Waals surface area contributed by atoms with Gasteiger partial charge in [0.05, 0.1) is 17.9 Å². The summed E-state index contributed by atoms with van der Waals surface area (Å²) in [5.74, 6) is 0. The van der Waals surface area contributed by atoms with Crippen LogP contribution in [-0.2, 0) is 6.42 Å². The van der Waals surface area contributed by atoms with Gasteiger partial charge in [-0.2, -0.15) is 5.10 Å². The van der Waals surface area contributed by atoms with Crippen LogP contribution in [0.5, 0.6) is 0 Å². The van der Waals surface area contributed by atoms with Crippen molar-refractivity contribution < 1.29 is 0 Å². The zero-order valence-electron chi connectivity index (χ0n) is 10.6. The summed E-state index contributed by atoms with van der Waals surface area (Å²) in [6, 6.07) is 4.88. The third kappa shape index (κ3) is 2.16. The van der Waals surface area contributed by atoms with E-state index in [4.69, 9.17) is 0 Å². The minimum absolute atomic E-state index is 0.293. The van der Waals surface area contributed by atoms with Crippen molar-refractivity contribution in [3.8, 4) is 0 Å². The van der Waals surface area contributed by atoms with Crippen molar-refractivity contribution in [2.24, 2.45) is 0 Å². The van der Waals surface area contributed by atoms with Gasteiger partial charge < -0.3 is 5.32 Å². The molecule has 0 saturated heterocycles. The second kappa shape index (κ2) is 4.90. The molecule has 3 rings (SSSR count). The summed E-state index contributed by atoms with van der Waals surface area (Å²) in [6.45, 7) is 2.17. The first-order valence-corrected chi connectivity index (χ1v) is 6.53. The Morgan fingerprint density at radius 2 is 2.44 bits per heavy atom. The lowest BCUT2D eigenvalue weighted by atomic mass is 9.91. The molecule has 4 nitrogen and oxygen atoms in total. The number of nitrogens with zero attached hydrogens (tertiary/aromatic N) is 2. The van der Waals surface area contributed by atoms with Crippen LogP contribution >= 0.6 is 0 Å². The fourth-order valence-electron chi connectivity index (χ4n) is 2.67. The lowest BCUT2D eigenvalue weighted by Crippen LogP contribution is -2.28. The Labute approximate surface area is 107 Å². The lowest BCUT2D eigenvalue weighted by molar-refractivity contribution is 0.406. The summed E-state index contributed by atoms with van der Waals surface area (Å²) in [5, 5.41) is 10.5. The number of aryl methyl sites for hydroxylation is 1. The van der Waals surface area contributed by atoms with E-state index in [1.54, 1.807) is 0 Å². The number of pyridine rings is 1. The molecule has 18 heavy (non-hydrogen) atoms. The zero-order chi connectivity index (χ0) is 12.4. The fraction of sp³-hybridized carbons (Fsp3) is 0.429. The Morgan fingerprint density at radius 1 is 1.50 bits per heavy atom. The first kappa shape index (κ1) is 11.4. The summed E-state index contributed by atoms with van der Waals surface area (Å²) in [7, 11) is 0. The topological polar surface area (TPSA) is 53.6 Å². The van der Waals surface area contributed by atoms with Crippen LogP contribution in [0.15, 0.2) is 30.7 Å². The molecule has 0 saturated carbocycles. The average molecular weight is 242 g/mol. The minimum Gasteiger partial charge on any atom is -0.302 e. The predicted octanol–water partition coefficient (Wildman–Crippen LogP) is 2.53. The van der Waals surface area contributed by atoms with Crippen LogP contribution < -0.4 is 5.32 Å². The van der Waals surface area contributed by atoms with Crippen LogP contribution in [0.2, 0.25) is 0 Å². The highest BCUT2D eigenvalue weighted by atomic mass is 15.1. The van der Waals surface area contributed by atoms with Crippen LogP contribution in [0.3, 0.4) is 0 Å². The van der Waals surface area contributed by atoms with Gasteiger partial charge in [0, 0.05) is 24.0 Å². The number of rotatable bonds is 3. The Balaban J connectivity index is 1.78. The van der Waals surface area contributed by atoms with Gasteiger partial charge >= 0.3 is 0 Å². The number of aromatic amines is 1. The number of hydrogen-bond acceptors (Lipinski definition) is 3. The van der Waals surface area contributed by atoms with E-state index in [1.165, 1.54) is 23.2 Å². The van der Waals surface area contributed by atoms with Gasteiger partial charge in [0.2, 0.25) is 0 Å². The Morgan fingerprint density at radius 3 is 3.28 bits per heavy atom. The van der Waals surface area contributed by atoms with Gasteiger partial charge in [0.15, 0.2) is 0 Å². The molecule has 94 valence electrons. The molecule has 2 aromatic rings. The minimum atomic E-state index is 0.293. The fourth-order valence-corrected chi connectivity index (χ4v) is 2.67. The van der Waals surface area contributed by atoms with E-state index in [2.05, 4.69) is 33.5 Å². The van der Waals surface area contributed by atoms with Gasteiger partial charge in [-0.15, -0.1) is 0 Å². The van der Waals surface area contributed by atoms with Crippen molar-refractivity contribution in [1.29, 1.82) is 0 Å². The summed E-state index contributed by atoms with van der Waals surface area (Å²) in [4.78, 5) is 4.55. The molecule has 2 unspecified atom stereocenters. The van der Waals surface area contributed by atoms with Crippen LogP contribution in [0.4, 0.5) is 0 Å². The van der Waals surface area contributed by atoms with Crippen molar-refractivity contribution in [2.75, 3.05) is 0 Å². The summed E-state index contributed by atoms with van der Waals surface area (Å²) >= 11 is 0. The highest BCUT2D eigenvalue weighted by Crippen LogP contribution is 2.29. The zero-order valence-corrected chi connectivity index (χ0v) is 10.6. The molecular weight excluding hydrogens is 224 g/mol. The summed E-state index contributed by atoms with van der Waals surface area (Å²) in [6.07, 6.45) is 9.25. The first-order chi connectivity index (χ1) is 8.84. The van der Waals surface area contributed by atoms with Crippen LogP contribution in [0.1, 0.15) is 48.7 Å².